The van der Waals surface area contributed by atoms with E-state index in [0.29, 0.717) is 5.25 Å². The van der Waals surface area contributed by atoms with Crippen LogP contribution in [0.1, 0.15) is 17.5 Å². The van der Waals surface area contributed by atoms with Gasteiger partial charge in [0.25, 0.3) is 0 Å². The summed E-state index contributed by atoms with van der Waals surface area (Å²) < 4.78 is 6.19. The van der Waals surface area contributed by atoms with Crippen LogP contribution >= 0.6 is 11.8 Å². The smallest absolute Gasteiger partial charge is 0.135 e. The van der Waals surface area contributed by atoms with Crippen LogP contribution in [0.15, 0.2) is 228 Å². The summed E-state index contributed by atoms with van der Waals surface area (Å²) in [4.78, 5) is 3.86. The molecule has 2 nitrogen and oxygen atoms in total. The average molecular weight is 798 g/mol. The van der Waals surface area contributed by atoms with Crippen molar-refractivity contribution in [2.75, 3.05) is 4.90 Å². The van der Waals surface area contributed by atoms with E-state index in [1.807, 2.05) is 23.9 Å². The van der Waals surface area contributed by atoms with Gasteiger partial charge in [-0.25, -0.2) is 0 Å². The molecule has 1 aromatic heterocycles. The summed E-state index contributed by atoms with van der Waals surface area (Å²) in [5, 5.41) is 5.12. The lowest BCUT2D eigenvalue weighted by Gasteiger charge is -2.31. The molecule has 2 heterocycles. The zero-order chi connectivity index (χ0) is 40.3. The number of thioether (sulfide) groups is 1. The molecule has 3 heteroatoms. The second kappa shape index (κ2) is 14.7. The Balaban J connectivity index is 1.07. The van der Waals surface area contributed by atoms with Crippen LogP contribution in [-0.4, -0.2) is 5.25 Å². The summed E-state index contributed by atoms with van der Waals surface area (Å²) in [6.07, 6.45) is 5.76. The maximum absolute atomic E-state index is 6.19. The zero-order valence-electron chi connectivity index (χ0n) is 33.3. The van der Waals surface area contributed by atoms with Crippen molar-refractivity contribution in [3.8, 4) is 33.4 Å². The van der Waals surface area contributed by atoms with Crippen molar-refractivity contribution in [3.63, 3.8) is 0 Å². The van der Waals surface area contributed by atoms with Crippen LogP contribution in [0.2, 0.25) is 0 Å². The highest BCUT2D eigenvalue weighted by atomic mass is 32.2. The van der Waals surface area contributed by atoms with Gasteiger partial charge in [0.15, 0.2) is 0 Å². The minimum atomic E-state index is 0.391. The third-order valence-corrected chi connectivity index (χ3v) is 13.7. The molecule has 0 N–H and O–H groups in total. The predicted octanol–water partition coefficient (Wildman–Crippen LogP) is 16.6. The van der Waals surface area contributed by atoms with E-state index in [-0.39, 0.29) is 0 Å². The van der Waals surface area contributed by atoms with Crippen LogP contribution in [0, 0.1) is 0 Å². The molecule has 0 bridgehead atoms. The number of rotatable bonds is 7. The fourth-order valence-corrected chi connectivity index (χ4v) is 11.0. The second-order valence-corrected chi connectivity index (χ2v) is 17.1. The Kier molecular flexibility index (Phi) is 8.60. The fourth-order valence-electron chi connectivity index (χ4n) is 9.63. The summed E-state index contributed by atoms with van der Waals surface area (Å²) in [6, 6.07) is 75.0. The molecular formula is C58H39NOS. The van der Waals surface area contributed by atoms with Crippen molar-refractivity contribution in [1.82, 2.24) is 0 Å². The van der Waals surface area contributed by atoms with Crippen molar-refractivity contribution in [3.05, 3.63) is 230 Å². The van der Waals surface area contributed by atoms with Crippen molar-refractivity contribution < 1.29 is 4.42 Å². The van der Waals surface area contributed by atoms with Gasteiger partial charge in [-0.1, -0.05) is 170 Å². The van der Waals surface area contributed by atoms with Gasteiger partial charge < -0.3 is 9.32 Å². The Bertz CT molecular complexity index is 3370. The Hall–Kier alpha value is -7.33. The van der Waals surface area contributed by atoms with Gasteiger partial charge in [-0.2, -0.15) is 0 Å². The van der Waals surface area contributed by atoms with Crippen molar-refractivity contribution in [1.29, 1.82) is 0 Å². The minimum absolute atomic E-state index is 0.391. The number of furan rings is 1. The molecule has 1 atom stereocenters. The summed E-state index contributed by atoms with van der Waals surface area (Å²) in [6.45, 7) is 0. The standard InChI is InChI=1S/C58H39NOS/c1-2-15-39(16-3-1)43-23-12-17-40-18-13-24-47(57(40)43)44-19-4-8-26-51(44)59(42-34-31-38(32-35-42)41-33-36-54-50(37-41)46-21-6-10-28-53(46)60-54)52-27-9-5-20-45(52)48-25-14-30-56-58(48)49-22-7-11-29-55(49)61-56/h1-29,31-37,56H,30H2. The van der Waals surface area contributed by atoms with Gasteiger partial charge in [0.2, 0.25) is 0 Å². The summed E-state index contributed by atoms with van der Waals surface area (Å²) in [5.74, 6) is 0. The van der Waals surface area contributed by atoms with Gasteiger partial charge in [-0.3, -0.25) is 0 Å². The largest absolute Gasteiger partial charge is 0.456 e. The lowest BCUT2D eigenvalue weighted by Crippen LogP contribution is -2.14. The summed E-state index contributed by atoms with van der Waals surface area (Å²) >= 11 is 2.00. The van der Waals surface area contributed by atoms with Gasteiger partial charge in [-0.15, -0.1) is 11.8 Å². The Morgan fingerprint density at radius 1 is 0.459 bits per heavy atom. The highest BCUT2D eigenvalue weighted by Crippen LogP contribution is 2.54. The number of hydrogen-bond donors (Lipinski definition) is 0. The third-order valence-electron chi connectivity index (χ3n) is 12.4. The Morgan fingerprint density at radius 3 is 1.93 bits per heavy atom. The van der Waals surface area contributed by atoms with E-state index in [0.717, 1.165) is 56.5 Å². The molecule has 0 spiro atoms. The molecule has 0 amide bonds. The van der Waals surface area contributed by atoms with E-state index >= 15 is 0 Å². The number of hydrogen-bond acceptors (Lipinski definition) is 3. The molecule has 2 aliphatic rings. The predicted molar refractivity (Wildman–Crippen MR) is 259 cm³/mol. The molecule has 0 saturated heterocycles. The first-order valence-corrected chi connectivity index (χ1v) is 21.9. The monoisotopic (exact) mass is 797 g/mol. The molecule has 1 aliphatic heterocycles. The van der Waals surface area contributed by atoms with E-state index in [1.165, 1.54) is 60.2 Å². The van der Waals surface area contributed by atoms with Gasteiger partial charge in [0.1, 0.15) is 11.2 Å². The highest BCUT2D eigenvalue weighted by molar-refractivity contribution is 8.00. The lowest BCUT2D eigenvalue weighted by molar-refractivity contribution is 0.669. The molecule has 0 saturated carbocycles. The van der Waals surface area contributed by atoms with Crippen LogP contribution < -0.4 is 4.90 Å². The molecule has 1 aliphatic carbocycles. The van der Waals surface area contributed by atoms with Crippen molar-refractivity contribution in [2.24, 2.45) is 0 Å². The molecule has 9 aromatic carbocycles. The molecular weight excluding hydrogens is 759 g/mol. The topological polar surface area (TPSA) is 16.4 Å². The summed E-state index contributed by atoms with van der Waals surface area (Å²) in [7, 11) is 0. The van der Waals surface area contributed by atoms with Crippen LogP contribution in [0.3, 0.4) is 0 Å². The molecule has 288 valence electrons. The SMILES string of the molecule is C1=CC(c2ccccc2N(c2ccc(-c3ccc4oc5ccccc5c4c3)cc2)c2ccccc2-c2cccc3cccc(-c4ccccc4)c23)=C2c3ccccc3SC2C1. The van der Waals surface area contributed by atoms with E-state index < -0.39 is 0 Å². The van der Waals surface area contributed by atoms with Crippen molar-refractivity contribution >= 4 is 72.7 Å². The number of para-hydroxylation sites is 3. The molecule has 0 radical (unpaired) electrons. The number of anilines is 3. The van der Waals surface area contributed by atoms with Gasteiger partial charge >= 0.3 is 0 Å². The summed E-state index contributed by atoms with van der Waals surface area (Å²) in [5.41, 5.74) is 17.6. The van der Waals surface area contributed by atoms with Crippen LogP contribution in [0.4, 0.5) is 17.1 Å². The number of fused-ring (bicyclic) bond motifs is 7. The van der Waals surface area contributed by atoms with Gasteiger partial charge in [-0.05, 0) is 110 Å². The molecule has 61 heavy (non-hydrogen) atoms. The maximum atomic E-state index is 6.19. The van der Waals surface area contributed by atoms with E-state index in [4.69, 9.17) is 4.42 Å². The van der Waals surface area contributed by atoms with Gasteiger partial charge in [0.05, 0.1) is 11.4 Å². The van der Waals surface area contributed by atoms with Crippen LogP contribution in [0.25, 0.3) is 77.2 Å². The minimum Gasteiger partial charge on any atom is -0.456 e. The first-order valence-electron chi connectivity index (χ1n) is 21.0. The fraction of sp³-hybridized carbons (Fsp3) is 0.0345. The Labute approximate surface area is 359 Å². The number of nitrogens with zero attached hydrogens (tertiary/aromatic N) is 1. The third kappa shape index (κ3) is 6.04. The molecule has 12 rings (SSSR count). The lowest BCUT2D eigenvalue weighted by atomic mass is 9.86. The highest BCUT2D eigenvalue weighted by Gasteiger charge is 2.32. The van der Waals surface area contributed by atoms with E-state index in [2.05, 4.69) is 211 Å². The van der Waals surface area contributed by atoms with Crippen LogP contribution in [0.5, 0.6) is 0 Å². The molecule has 10 aromatic rings. The first-order chi connectivity index (χ1) is 30.3. The molecule has 1 unspecified atom stereocenters. The zero-order valence-corrected chi connectivity index (χ0v) is 34.1. The second-order valence-electron chi connectivity index (χ2n) is 15.9. The maximum Gasteiger partial charge on any atom is 0.135 e. The van der Waals surface area contributed by atoms with E-state index in [1.54, 1.807) is 0 Å². The van der Waals surface area contributed by atoms with Gasteiger partial charge in [0, 0.05) is 37.7 Å². The number of allylic oxidation sites excluding steroid dienone is 3. The molecule has 0 fully saturated rings. The quantitative estimate of drug-likeness (QED) is 0.160. The van der Waals surface area contributed by atoms with Crippen molar-refractivity contribution in [2.45, 2.75) is 16.6 Å². The van der Waals surface area contributed by atoms with E-state index in [9.17, 15) is 0 Å². The first kappa shape index (κ1) is 35.6. The normalized spacial score (nSPS) is 14.5. The van der Waals surface area contributed by atoms with Crippen LogP contribution in [-0.2, 0) is 0 Å². The average Bonchev–Trinajstić information content (AvgIpc) is 3.91. The number of benzene rings is 9. The Morgan fingerprint density at radius 2 is 1.10 bits per heavy atom.